The monoisotopic (exact) mass is 548 g/mol. The molecule has 0 radical (unpaired) electrons. The number of fused-ring (bicyclic) bond motifs is 1. The van der Waals surface area contributed by atoms with E-state index in [1.165, 1.54) is 17.5 Å². The van der Waals surface area contributed by atoms with Crippen LogP contribution in [0.15, 0.2) is 30.5 Å². The molecule has 1 saturated heterocycles. The third kappa shape index (κ3) is 2.91. The molecular formula is C29H33ClN6O3. The van der Waals surface area contributed by atoms with Crippen LogP contribution < -0.4 is 21.1 Å². The van der Waals surface area contributed by atoms with Crippen LogP contribution in [0, 0.1) is 22.7 Å². The van der Waals surface area contributed by atoms with Gasteiger partial charge in [0.15, 0.2) is 5.82 Å². The lowest BCUT2D eigenvalue weighted by atomic mass is 9.33. The number of aryl methyl sites for hydroxylation is 1. The van der Waals surface area contributed by atoms with Gasteiger partial charge in [-0.15, -0.1) is 0 Å². The molecule has 4 N–H and O–H groups in total. The maximum absolute atomic E-state index is 12.1. The summed E-state index contributed by atoms with van der Waals surface area (Å²) in [5, 5.41) is 7.49. The quantitative estimate of drug-likeness (QED) is 0.357. The molecule has 9 rings (SSSR count). The molecule has 2 aromatic rings. The molecule has 1 aromatic heterocycles. The third-order valence-corrected chi connectivity index (χ3v) is 11.0. The summed E-state index contributed by atoms with van der Waals surface area (Å²) in [6.07, 6.45) is 11.4. The minimum atomic E-state index is -0.204. The number of rotatable bonds is 7. The first kappa shape index (κ1) is 24.0. The number of carbonyl (C=O) groups excluding carboxylic acids is 1. The Kier molecular flexibility index (Phi) is 4.97. The van der Waals surface area contributed by atoms with Crippen LogP contribution in [0.1, 0.15) is 30.4 Å². The summed E-state index contributed by atoms with van der Waals surface area (Å²) in [6, 6.07) is 4.90. The van der Waals surface area contributed by atoms with Crippen molar-refractivity contribution in [1.29, 1.82) is 0 Å². The summed E-state index contributed by atoms with van der Waals surface area (Å²) in [7, 11) is 1.70. The molecule has 6 aliphatic carbocycles. The number of nitrogens with two attached hydrogens (primary N) is 1. The van der Waals surface area contributed by atoms with E-state index in [9.17, 15) is 4.79 Å². The lowest BCUT2D eigenvalue weighted by Crippen LogP contribution is -2.77. The molecule has 1 aromatic carbocycles. The van der Waals surface area contributed by atoms with E-state index >= 15 is 0 Å². The standard InChI is InChI=1S/C29H33ClN6O3/c1-38-21-13-17-11-18(36-7-9-39-10-8-36)4-2-3-16(17)12-20(21)33-26-32-14-19(30)25(34-26)35-29-22-5-6-27(29)15-28(22,29)23(27)24(31)37/h5-6,12-14,18,22-23H,2-4,7-11,15H2,1H3,(H2,31,37)(H2,32,33,34,35)/t18?,22-,23+,27+,28-,29+/m1/s1. The van der Waals surface area contributed by atoms with Crippen LogP contribution in [0.25, 0.3) is 0 Å². The number of nitrogens with one attached hydrogen (secondary N) is 2. The number of benzene rings is 1. The van der Waals surface area contributed by atoms with Crippen LogP contribution in [0.2, 0.25) is 5.02 Å². The second-order valence-corrected chi connectivity index (χ2v) is 12.5. The fraction of sp³-hybridized carbons (Fsp3) is 0.552. The molecule has 1 amide bonds. The zero-order chi connectivity index (χ0) is 26.6. The van der Waals surface area contributed by atoms with Crippen molar-refractivity contribution in [2.24, 2.45) is 28.4 Å². The van der Waals surface area contributed by atoms with Crippen molar-refractivity contribution in [1.82, 2.24) is 14.9 Å². The van der Waals surface area contributed by atoms with Crippen LogP contribution >= 0.6 is 11.6 Å². The molecule has 5 fully saturated rings. The fourth-order valence-electron chi connectivity index (χ4n) is 9.17. The summed E-state index contributed by atoms with van der Waals surface area (Å²) < 4.78 is 11.4. The summed E-state index contributed by atoms with van der Waals surface area (Å²) in [5.74, 6) is 1.82. The third-order valence-electron chi connectivity index (χ3n) is 10.7. The van der Waals surface area contributed by atoms with E-state index in [0.29, 0.717) is 28.7 Å². The Morgan fingerprint density at radius 3 is 2.87 bits per heavy atom. The van der Waals surface area contributed by atoms with Crippen molar-refractivity contribution in [2.75, 3.05) is 44.0 Å². The van der Waals surface area contributed by atoms with Gasteiger partial charge in [-0.3, -0.25) is 9.69 Å². The summed E-state index contributed by atoms with van der Waals surface area (Å²) in [5.41, 5.74) is 8.82. The molecular weight excluding hydrogens is 516 g/mol. The van der Waals surface area contributed by atoms with Crippen molar-refractivity contribution in [2.45, 2.75) is 43.7 Å². The Bertz CT molecular complexity index is 1430. The molecule has 1 aliphatic heterocycles. The van der Waals surface area contributed by atoms with E-state index in [0.717, 1.165) is 63.4 Å². The first-order chi connectivity index (χ1) is 18.9. The number of primary amides is 1. The van der Waals surface area contributed by atoms with Gasteiger partial charge in [0.1, 0.15) is 10.8 Å². The average Bonchev–Trinajstić information content (AvgIpc) is 3.34. The highest BCUT2D eigenvalue weighted by atomic mass is 35.5. The average molecular weight is 549 g/mol. The molecule has 2 spiro atoms. The van der Waals surface area contributed by atoms with Crippen molar-refractivity contribution in [3.63, 3.8) is 0 Å². The second-order valence-electron chi connectivity index (χ2n) is 12.1. The number of morpholine rings is 1. The van der Waals surface area contributed by atoms with Gasteiger partial charge in [-0.2, -0.15) is 4.98 Å². The topological polar surface area (TPSA) is 115 Å². The van der Waals surface area contributed by atoms with Crippen LogP contribution in [-0.4, -0.2) is 65.8 Å². The normalized spacial score (nSPS) is 37.0. The number of aromatic nitrogens is 2. The SMILES string of the molecule is COc1cc2c(cc1Nc1ncc(Cl)c(N[C@@]34[C@@H]5C=C[C@@]36C[C@]54[C@H]6C(N)=O)n1)CCCC(N1CCOCC1)C2. The Morgan fingerprint density at radius 1 is 1.28 bits per heavy atom. The van der Waals surface area contributed by atoms with Gasteiger partial charge in [-0.1, -0.05) is 23.8 Å². The highest BCUT2D eigenvalue weighted by Gasteiger charge is 3.08. The number of carbonyl (C=O) groups is 1. The minimum Gasteiger partial charge on any atom is -0.495 e. The summed E-state index contributed by atoms with van der Waals surface area (Å²) in [6.45, 7) is 3.65. The lowest BCUT2D eigenvalue weighted by molar-refractivity contribution is -0.184. The number of anilines is 3. The molecule has 7 aliphatic rings. The largest absolute Gasteiger partial charge is 0.495 e. The highest BCUT2D eigenvalue weighted by Crippen LogP contribution is 3.03. The molecule has 9 nitrogen and oxygen atoms in total. The Hall–Kier alpha value is -2.88. The molecule has 4 saturated carbocycles. The summed E-state index contributed by atoms with van der Waals surface area (Å²) in [4.78, 5) is 23.9. The van der Waals surface area contributed by atoms with E-state index < -0.39 is 0 Å². The first-order valence-electron chi connectivity index (χ1n) is 14.0. The van der Waals surface area contributed by atoms with Gasteiger partial charge in [0, 0.05) is 35.9 Å². The van der Waals surface area contributed by atoms with Gasteiger partial charge >= 0.3 is 0 Å². The van der Waals surface area contributed by atoms with Gasteiger partial charge in [0.2, 0.25) is 11.9 Å². The second kappa shape index (κ2) is 8.08. The number of ether oxygens (including phenoxy) is 2. The lowest BCUT2D eigenvalue weighted by Gasteiger charge is -2.70. The van der Waals surface area contributed by atoms with Gasteiger partial charge in [-0.25, -0.2) is 4.98 Å². The van der Waals surface area contributed by atoms with Crippen molar-refractivity contribution in [3.8, 4) is 5.75 Å². The number of amides is 1. The van der Waals surface area contributed by atoms with Crippen LogP contribution in [-0.2, 0) is 22.4 Å². The predicted octanol–water partition coefficient (Wildman–Crippen LogP) is 3.30. The van der Waals surface area contributed by atoms with Gasteiger partial charge in [0.25, 0.3) is 0 Å². The number of nitrogens with zero attached hydrogens (tertiary/aromatic N) is 3. The molecule has 6 atom stereocenters. The maximum Gasteiger partial charge on any atom is 0.229 e. The van der Waals surface area contributed by atoms with Crippen molar-refractivity contribution < 1.29 is 14.3 Å². The van der Waals surface area contributed by atoms with Gasteiger partial charge in [0.05, 0.1) is 43.7 Å². The molecule has 10 heteroatoms. The number of methoxy groups -OCH3 is 1. The molecule has 2 heterocycles. The molecule has 204 valence electrons. The van der Waals surface area contributed by atoms with E-state index in [-0.39, 0.29) is 28.2 Å². The Labute approximate surface area is 232 Å². The highest BCUT2D eigenvalue weighted by molar-refractivity contribution is 6.32. The smallest absolute Gasteiger partial charge is 0.229 e. The number of halogens is 1. The van der Waals surface area contributed by atoms with Crippen LogP contribution in [0.3, 0.4) is 0 Å². The van der Waals surface area contributed by atoms with Crippen molar-refractivity contribution >= 4 is 35.0 Å². The Morgan fingerprint density at radius 2 is 2.13 bits per heavy atom. The minimum absolute atomic E-state index is 0.0746. The Balaban J connectivity index is 1.04. The fourth-order valence-corrected chi connectivity index (χ4v) is 9.31. The van der Waals surface area contributed by atoms with Gasteiger partial charge in [-0.05, 0) is 55.4 Å². The molecule has 39 heavy (non-hydrogen) atoms. The van der Waals surface area contributed by atoms with E-state index in [4.69, 9.17) is 31.8 Å². The van der Waals surface area contributed by atoms with E-state index in [1.807, 2.05) is 0 Å². The molecule has 2 bridgehead atoms. The zero-order valence-electron chi connectivity index (χ0n) is 22.0. The van der Waals surface area contributed by atoms with Crippen LogP contribution in [0.5, 0.6) is 5.75 Å². The zero-order valence-corrected chi connectivity index (χ0v) is 22.8. The first-order valence-corrected chi connectivity index (χ1v) is 14.4. The van der Waals surface area contributed by atoms with E-state index in [2.05, 4.69) is 44.8 Å². The van der Waals surface area contributed by atoms with E-state index in [1.54, 1.807) is 13.3 Å². The van der Waals surface area contributed by atoms with Gasteiger partial charge < -0.3 is 25.8 Å². The number of hydrogen-bond donors (Lipinski definition) is 3. The summed E-state index contributed by atoms with van der Waals surface area (Å²) >= 11 is 6.56. The predicted molar refractivity (Wildman–Crippen MR) is 147 cm³/mol. The molecule has 1 unspecified atom stereocenters. The maximum atomic E-state index is 12.1. The van der Waals surface area contributed by atoms with Crippen LogP contribution in [0.4, 0.5) is 17.5 Å². The van der Waals surface area contributed by atoms with Crippen molar-refractivity contribution in [3.05, 3.63) is 46.6 Å². The number of hydrogen-bond acceptors (Lipinski definition) is 8.